The smallest absolute Gasteiger partial charge is 0.250 e. The number of hydrogen-bond acceptors (Lipinski definition) is 6. The predicted octanol–water partition coefficient (Wildman–Crippen LogP) is 1.88. The van der Waals surface area contributed by atoms with Crippen molar-refractivity contribution in [3.05, 3.63) is 52.0 Å². The van der Waals surface area contributed by atoms with Crippen LogP contribution in [0, 0.1) is 5.82 Å². The van der Waals surface area contributed by atoms with Gasteiger partial charge in [0.2, 0.25) is 5.91 Å². The van der Waals surface area contributed by atoms with Gasteiger partial charge in [-0.3, -0.25) is 4.79 Å². The number of carbonyl (C=O) groups is 2. The molecule has 0 unspecified atom stereocenters. The minimum absolute atomic E-state index is 0.0203. The summed E-state index contributed by atoms with van der Waals surface area (Å²) in [6, 6.07) is 9.20. The molecule has 0 saturated heterocycles. The summed E-state index contributed by atoms with van der Waals surface area (Å²) in [5, 5.41) is 14.6. The molecule has 0 aliphatic carbocycles. The number of aromatic carboxylic acids is 1. The molecule has 0 spiro atoms. The third-order valence-corrected chi connectivity index (χ3v) is 4.93. The molecule has 1 heterocycles. The van der Waals surface area contributed by atoms with Crippen LogP contribution in [0.2, 0.25) is 0 Å². The molecule has 1 N–H and O–H groups in total. The summed E-state index contributed by atoms with van der Waals surface area (Å²) in [6.07, 6.45) is 0. The Morgan fingerprint density at radius 2 is 1.96 bits per heavy atom. The number of carbonyl (C=O) groups excluding carboxylic acids is 2. The molecule has 8 heteroatoms. The first-order chi connectivity index (χ1) is 11.0. The van der Waals surface area contributed by atoms with E-state index in [0.29, 0.717) is 15.5 Å². The van der Waals surface area contributed by atoms with Crippen molar-refractivity contribution >= 4 is 40.7 Å². The Morgan fingerprint density at radius 1 is 1.26 bits per heavy atom. The molecule has 0 atom stereocenters. The van der Waals surface area contributed by atoms with Gasteiger partial charge in [-0.1, -0.05) is 12.1 Å². The third-order valence-electron chi connectivity index (χ3n) is 2.71. The summed E-state index contributed by atoms with van der Waals surface area (Å²) in [5.74, 6) is -1.99. The van der Waals surface area contributed by atoms with Gasteiger partial charge >= 0.3 is 0 Å². The lowest BCUT2D eigenvalue weighted by molar-refractivity contribution is -0.254. The van der Waals surface area contributed by atoms with E-state index in [4.69, 9.17) is 0 Å². The Hall–Kier alpha value is -2.19. The Morgan fingerprint density at radius 3 is 2.61 bits per heavy atom. The molecule has 120 valence electrons. The van der Waals surface area contributed by atoms with E-state index in [1.165, 1.54) is 12.1 Å². The van der Waals surface area contributed by atoms with Crippen LogP contribution in [0.15, 0.2) is 46.4 Å². The van der Waals surface area contributed by atoms with E-state index in [1.54, 1.807) is 31.2 Å². The fourth-order valence-electron chi connectivity index (χ4n) is 1.58. The monoisotopic (exact) mass is 351 g/mol. The van der Waals surface area contributed by atoms with Crippen molar-refractivity contribution in [1.29, 1.82) is 0 Å². The molecule has 0 fully saturated rings. The number of carboxylic acids is 1. The third kappa shape index (κ3) is 4.90. The summed E-state index contributed by atoms with van der Waals surface area (Å²) < 4.78 is 13.4. The maximum absolute atomic E-state index is 13.4. The molecule has 5 nitrogen and oxygen atoms in total. The van der Waals surface area contributed by atoms with E-state index in [1.807, 2.05) is 0 Å². The number of thioether (sulfide) groups is 1. The normalized spacial score (nSPS) is 11.3. The first-order valence-electron chi connectivity index (χ1n) is 6.49. The van der Waals surface area contributed by atoms with Crippen LogP contribution in [-0.4, -0.2) is 23.3 Å². The van der Waals surface area contributed by atoms with Crippen LogP contribution in [0.5, 0.6) is 0 Å². The minimum Gasteiger partial charge on any atom is -0.544 e. The number of hydrazone groups is 1. The van der Waals surface area contributed by atoms with E-state index in [0.717, 1.165) is 23.1 Å². The van der Waals surface area contributed by atoms with Gasteiger partial charge in [-0.2, -0.15) is 5.10 Å². The van der Waals surface area contributed by atoms with Crippen LogP contribution in [0.25, 0.3) is 0 Å². The predicted molar refractivity (Wildman–Crippen MR) is 86.1 cm³/mol. The molecule has 23 heavy (non-hydrogen) atoms. The van der Waals surface area contributed by atoms with Crippen LogP contribution in [-0.2, 0) is 4.79 Å². The first kappa shape index (κ1) is 17.2. The highest BCUT2D eigenvalue weighted by molar-refractivity contribution is 8.00. The van der Waals surface area contributed by atoms with Gasteiger partial charge in [0.15, 0.2) is 0 Å². The Kier molecular flexibility index (Phi) is 5.89. The van der Waals surface area contributed by atoms with Crippen molar-refractivity contribution in [2.24, 2.45) is 5.10 Å². The number of amides is 1. The summed E-state index contributed by atoms with van der Waals surface area (Å²) in [6.45, 7) is 1.65. The topological polar surface area (TPSA) is 81.6 Å². The van der Waals surface area contributed by atoms with E-state index >= 15 is 0 Å². The van der Waals surface area contributed by atoms with Crippen molar-refractivity contribution in [2.45, 2.75) is 11.8 Å². The van der Waals surface area contributed by atoms with E-state index in [2.05, 4.69) is 10.5 Å². The summed E-state index contributed by atoms with van der Waals surface area (Å²) >= 11 is 2.08. The van der Waals surface area contributed by atoms with Gasteiger partial charge in [-0.05, 0) is 31.2 Å². The van der Waals surface area contributed by atoms with E-state index in [9.17, 15) is 19.1 Å². The highest BCUT2D eigenvalue weighted by Crippen LogP contribution is 2.20. The molecule has 0 bridgehead atoms. The van der Waals surface area contributed by atoms with Crippen molar-refractivity contribution in [1.82, 2.24) is 5.43 Å². The van der Waals surface area contributed by atoms with Gasteiger partial charge in [-0.25, -0.2) is 9.82 Å². The molecule has 2 aromatic rings. The Bertz CT molecular complexity index is 759. The summed E-state index contributed by atoms with van der Waals surface area (Å²) in [7, 11) is 0. The largest absolute Gasteiger partial charge is 0.544 e. The maximum atomic E-state index is 13.4. The number of carboxylic acid groups (broad SMARTS) is 1. The van der Waals surface area contributed by atoms with Gasteiger partial charge in [0.1, 0.15) is 5.82 Å². The fourth-order valence-corrected chi connectivity index (χ4v) is 3.10. The Labute approximate surface area is 140 Å². The molecule has 2 rings (SSSR count). The van der Waals surface area contributed by atoms with Crippen molar-refractivity contribution in [2.75, 3.05) is 5.75 Å². The number of thiophene rings is 1. The lowest BCUT2D eigenvalue weighted by Crippen LogP contribution is -2.21. The van der Waals surface area contributed by atoms with Gasteiger partial charge < -0.3 is 9.90 Å². The van der Waals surface area contributed by atoms with Crippen molar-refractivity contribution < 1.29 is 19.1 Å². The molecular formula is C15H12FN2O3S2-. The SMILES string of the molecule is C/C(=N/NC(=O)CSc1ccccc1F)c1ccc(C(=O)[O-])s1. The second-order valence-corrected chi connectivity index (χ2v) is 6.50. The second-order valence-electron chi connectivity index (χ2n) is 4.40. The van der Waals surface area contributed by atoms with Crippen LogP contribution in [0.3, 0.4) is 0 Å². The van der Waals surface area contributed by atoms with Gasteiger partial charge in [0.05, 0.1) is 27.2 Å². The zero-order valence-electron chi connectivity index (χ0n) is 12.0. The van der Waals surface area contributed by atoms with Crippen LogP contribution < -0.4 is 10.5 Å². The molecule has 0 saturated carbocycles. The zero-order chi connectivity index (χ0) is 16.8. The summed E-state index contributed by atoms with van der Waals surface area (Å²) in [5.41, 5.74) is 2.84. The van der Waals surface area contributed by atoms with Crippen LogP contribution in [0.4, 0.5) is 4.39 Å². The molecule has 0 aliphatic rings. The molecule has 1 amide bonds. The summed E-state index contributed by atoms with van der Waals surface area (Å²) in [4.78, 5) is 23.5. The molecular weight excluding hydrogens is 339 g/mol. The number of hydrogen-bond donors (Lipinski definition) is 1. The Balaban J connectivity index is 1.89. The van der Waals surface area contributed by atoms with Gasteiger partial charge in [0.25, 0.3) is 0 Å². The van der Waals surface area contributed by atoms with Crippen molar-refractivity contribution in [3.8, 4) is 0 Å². The number of nitrogens with one attached hydrogen (secondary N) is 1. The van der Waals surface area contributed by atoms with E-state index in [-0.39, 0.29) is 22.4 Å². The quantitative estimate of drug-likeness (QED) is 0.489. The molecule has 0 aliphatic heterocycles. The highest BCUT2D eigenvalue weighted by Gasteiger charge is 2.07. The minimum atomic E-state index is -1.25. The molecule has 1 aromatic heterocycles. The van der Waals surface area contributed by atoms with Gasteiger partial charge in [-0.15, -0.1) is 23.1 Å². The molecule has 1 aromatic carbocycles. The number of benzene rings is 1. The van der Waals surface area contributed by atoms with Crippen molar-refractivity contribution in [3.63, 3.8) is 0 Å². The van der Waals surface area contributed by atoms with Crippen LogP contribution in [0.1, 0.15) is 21.5 Å². The van der Waals surface area contributed by atoms with Crippen LogP contribution >= 0.6 is 23.1 Å². The van der Waals surface area contributed by atoms with E-state index < -0.39 is 5.97 Å². The number of halogens is 1. The lowest BCUT2D eigenvalue weighted by atomic mass is 10.3. The standard InChI is InChI=1S/C15H13FN2O3S2/c1-9(11-6-7-13(23-11)15(20)21)17-18-14(19)8-22-12-5-3-2-4-10(12)16/h2-7H,8H2,1H3,(H,18,19)(H,20,21)/p-1/b17-9-. The number of rotatable bonds is 6. The average Bonchev–Trinajstić information content (AvgIpc) is 3.02. The highest BCUT2D eigenvalue weighted by atomic mass is 32.2. The second kappa shape index (κ2) is 7.89. The zero-order valence-corrected chi connectivity index (χ0v) is 13.7. The maximum Gasteiger partial charge on any atom is 0.250 e. The molecule has 0 radical (unpaired) electrons. The van der Waals surface area contributed by atoms with Gasteiger partial charge in [0, 0.05) is 4.90 Å². The first-order valence-corrected chi connectivity index (χ1v) is 8.29. The lowest BCUT2D eigenvalue weighted by Gasteiger charge is -2.03. The number of nitrogens with zero attached hydrogens (tertiary/aromatic N) is 1. The average molecular weight is 351 g/mol. The fraction of sp³-hybridized carbons (Fsp3) is 0.133.